The zero-order valence-corrected chi connectivity index (χ0v) is 12.9. The number of amides is 1. The third-order valence-electron chi connectivity index (χ3n) is 4.61. The van der Waals surface area contributed by atoms with E-state index >= 15 is 0 Å². The van der Waals surface area contributed by atoms with E-state index < -0.39 is 11.4 Å². The van der Waals surface area contributed by atoms with E-state index in [2.05, 4.69) is 0 Å². The van der Waals surface area contributed by atoms with Gasteiger partial charge in [0.05, 0.1) is 0 Å². The third-order valence-corrected chi connectivity index (χ3v) is 4.61. The highest BCUT2D eigenvalue weighted by Crippen LogP contribution is 2.35. The van der Waals surface area contributed by atoms with Crippen molar-refractivity contribution in [2.75, 3.05) is 13.1 Å². The molecule has 120 valence electrons. The molecule has 1 aromatic carbocycles. The van der Waals surface area contributed by atoms with Crippen molar-refractivity contribution in [3.05, 3.63) is 60.4 Å². The number of aromatic nitrogens is 1. The molecule has 0 aliphatic carbocycles. The highest BCUT2D eigenvalue weighted by molar-refractivity contribution is 5.85. The van der Waals surface area contributed by atoms with Gasteiger partial charge >= 0.3 is 5.97 Å². The lowest BCUT2D eigenvalue weighted by Crippen LogP contribution is -2.40. The molecular formula is C18H20N2O3. The van der Waals surface area contributed by atoms with Gasteiger partial charge in [0.15, 0.2) is 0 Å². The molecule has 2 heterocycles. The minimum absolute atomic E-state index is 0.0118. The molecule has 2 aromatic rings. The summed E-state index contributed by atoms with van der Waals surface area (Å²) in [5, 5.41) is 9.75. The van der Waals surface area contributed by atoms with E-state index in [4.69, 9.17) is 0 Å². The van der Waals surface area contributed by atoms with Gasteiger partial charge in [-0.2, -0.15) is 0 Å². The quantitative estimate of drug-likeness (QED) is 0.920. The van der Waals surface area contributed by atoms with Crippen molar-refractivity contribution in [3.63, 3.8) is 0 Å². The largest absolute Gasteiger partial charge is 0.481 e. The molecule has 0 radical (unpaired) electrons. The summed E-state index contributed by atoms with van der Waals surface area (Å²) >= 11 is 0. The van der Waals surface area contributed by atoms with Crippen LogP contribution >= 0.6 is 0 Å². The number of carboxylic acid groups (broad SMARTS) is 1. The molecule has 1 amide bonds. The predicted molar refractivity (Wildman–Crippen MR) is 86.0 cm³/mol. The number of carboxylic acids is 1. The van der Waals surface area contributed by atoms with Gasteiger partial charge in [-0.15, -0.1) is 0 Å². The minimum atomic E-state index is -0.982. The fourth-order valence-electron chi connectivity index (χ4n) is 3.22. The van der Waals surface area contributed by atoms with Crippen LogP contribution in [-0.4, -0.2) is 39.5 Å². The van der Waals surface area contributed by atoms with Crippen LogP contribution in [0, 0.1) is 0 Å². The van der Waals surface area contributed by atoms with E-state index in [-0.39, 0.29) is 12.5 Å². The predicted octanol–water partition coefficient (Wildman–Crippen LogP) is 2.13. The zero-order chi connectivity index (χ0) is 16.3. The van der Waals surface area contributed by atoms with Crippen molar-refractivity contribution in [3.8, 4) is 0 Å². The number of carbonyl (C=O) groups is 2. The van der Waals surface area contributed by atoms with Crippen LogP contribution in [0.4, 0.5) is 0 Å². The summed E-state index contributed by atoms with van der Waals surface area (Å²) < 4.78 is 1.95. The van der Waals surface area contributed by atoms with Gasteiger partial charge in [-0.25, -0.2) is 0 Å². The van der Waals surface area contributed by atoms with Crippen LogP contribution in [0.5, 0.6) is 0 Å². The average Bonchev–Trinajstić information content (AvgIpc) is 3.24. The molecule has 0 saturated carbocycles. The monoisotopic (exact) mass is 312 g/mol. The molecule has 0 bridgehead atoms. The van der Waals surface area contributed by atoms with Gasteiger partial charge < -0.3 is 14.6 Å². The van der Waals surface area contributed by atoms with Crippen molar-refractivity contribution in [2.45, 2.75) is 24.8 Å². The SMILES string of the molecule is O=C(CCn1cccc1)N1CCC(C(=O)O)(c2ccccc2)C1. The first-order chi connectivity index (χ1) is 11.1. The Morgan fingerprint density at radius 3 is 2.43 bits per heavy atom. The summed E-state index contributed by atoms with van der Waals surface area (Å²) in [5.74, 6) is -0.845. The number of aliphatic carboxylic acids is 1. The van der Waals surface area contributed by atoms with Gasteiger partial charge in [-0.1, -0.05) is 30.3 Å². The van der Waals surface area contributed by atoms with E-state index in [1.54, 1.807) is 4.90 Å². The number of nitrogens with zero attached hydrogens (tertiary/aromatic N) is 2. The van der Waals surface area contributed by atoms with Crippen LogP contribution < -0.4 is 0 Å². The zero-order valence-electron chi connectivity index (χ0n) is 12.9. The first kappa shape index (κ1) is 15.3. The lowest BCUT2D eigenvalue weighted by Gasteiger charge is -2.25. The Bertz CT molecular complexity index is 682. The first-order valence-electron chi connectivity index (χ1n) is 7.79. The Morgan fingerprint density at radius 1 is 1.09 bits per heavy atom. The summed E-state index contributed by atoms with van der Waals surface area (Å²) in [7, 11) is 0. The van der Waals surface area contributed by atoms with Gasteiger partial charge in [0.25, 0.3) is 0 Å². The molecule has 1 saturated heterocycles. The van der Waals surface area contributed by atoms with Crippen LogP contribution in [0.1, 0.15) is 18.4 Å². The standard InChI is InChI=1S/C18H20N2O3/c21-16(8-12-19-10-4-5-11-19)20-13-9-18(14-20,17(22)23)15-6-2-1-3-7-15/h1-7,10-11H,8-9,12-14H2,(H,22,23). The van der Waals surface area contributed by atoms with Crippen molar-refractivity contribution in [1.29, 1.82) is 0 Å². The van der Waals surface area contributed by atoms with Gasteiger partial charge in [-0.05, 0) is 24.1 Å². The van der Waals surface area contributed by atoms with Crippen molar-refractivity contribution in [2.24, 2.45) is 0 Å². The summed E-state index contributed by atoms with van der Waals surface area (Å²) in [6.45, 7) is 1.36. The number of hydrogen-bond acceptors (Lipinski definition) is 2. The number of rotatable bonds is 5. The Hall–Kier alpha value is -2.56. The minimum Gasteiger partial charge on any atom is -0.481 e. The number of aryl methyl sites for hydroxylation is 1. The lowest BCUT2D eigenvalue weighted by atomic mass is 9.80. The molecule has 1 atom stereocenters. The Kier molecular flexibility index (Phi) is 4.19. The average molecular weight is 312 g/mol. The molecule has 1 aliphatic rings. The topological polar surface area (TPSA) is 62.5 Å². The van der Waals surface area contributed by atoms with Gasteiger partial charge in [0, 0.05) is 38.4 Å². The highest BCUT2D eigenvalue weighted by atomic mass is 16.4. The summed E-state index contributed by atoms with van der Waals surface area (Å²) in [4.78, 5) is 26.0. The molecular weight excluding hydrogens is 292 g/mol. The Morgan fingerprint density at radius 2 is 1.78 bits per heavy atom. The maximum atomic E-state index is 12.4. The maximum Gasteiger partial charge on any atom is 0.316 e. The fraction of sp³-hybridized carbons (Fsp3) is 0.333. The number of hydrogen-bond donors (Lipinski definition) is 1. The Labute approximate surface area is 135 Å². The van der Waals surface area contributed by atoms with E-state index in [9.17, 15) is 14.7 Å². The van der Waals surface area contributed by atoms with Crippen LogP contribution in [0.15, 0.2) is 54.9 Å². The first-order valence-corrected chi connectivity index (χ1v) is 7.79. The molecule has 1 N–H and O–H groups in total. The lowest BCUT2D eigenvalue weighted by molar-refractivity contribution is -0.143. The third kappa shape index (κ3) is 2.99. The van der Waals surface area contributed by atoms with E-state index in [1.807, 2.05) is 59.4 Å². The number of benzene rings is 1. The van der Waals surface area contributed by atoms with E-state index in [0.717, 1.165) is 5.56 Å². The van der Waals surface area contributed by atoms with Gasteiger partial charge in [0.2, 0.25) is 5.91 Å². The number of carbonyl (C=O) groups excluding carboxylic acids is 1. The molecule has 1 aliphatic heterocycles. The number of likely N-dealkylation sites (tertiary alicyclic amines) is 1. The molecule has 3 rings (SSSR count). The van der Waals surface area contributed by atoms with Gasteiger partial charge in [-0.3, -0.25) is 9.59 Å². The van der Waals surface area contributed by atoms with E-state index in [1.165, 1.54) is 0 Å². The van der Waals surface area contributed by atoms with Crippen LogP contribution in [0.3, 0.4) is 0 Å². The normalized spacial score (nSPS) is 20.6. The molecule has 5 nitrogen and oxygen atoms in total. The highest BCUT2D eigenvalue weighted by Gasteiger charge is 2.47. The molecule has 23 heavy (non-hydrogen) atoms. The second-order valence-corrected chi connectivity index (χ2v) is 5.99. The molecule has 1 fully saturated rings. The van der Waals surface area contributed by atoms with Crippen molar-refractivity contribution < 1.29 is 14.7 Å². The van der Waals surface area contributed by atoms with Crippen molar-refractivity contribution >= 4 is 11.9 Å². The molecule has 0 spiro atoms. The summed E-state index contributed by atoms with van der Waals surface area (Å²) in [6.07, 6.45) is 4.69. The van der Waals surface area contributed by atoms with Crippen molar-refractivity contribution in [1.82, 2.24) is 9.47 Å². The maximum absolute atomic E-state index is 12.4. The van der Waals surface area contributed by atoms with Crippen LogP contribution in [-0.2, 0) is 21.5 Å². The summed E-state index contributed by atoms with van der Waals surface area (Å²) in [5.41, 5.74) is -0.210. The Balaban J connectivity index is 1.70. The van der Waals surface area contributed by atoms with Crippen LogP contribution in [0.25, 0.3) is 0 Å². The molecule has 5 heteroatoms. The second kappa shape index (κ2) is 6.28. The van der Waals surface area contributed by atoms with Gasteiger partial charge in [0.1, 0.15) is 5.41 Å². The second-order valence-electron chi connectivity index (χ2n) is 5.99. The molecule has 1 unspecified atom stereocenters. The molecule has 1 aromatic heterocycles. The van der Waals surface area contributed by atoms with E-state index in [0.29, 0.717) is 25.9 Å². The van der Waals surface area contributed by atoms with Crippen LogP contribution in [0.2, 0.25) is 0 Å². The smallest absolute Gasteiger partial charge is 0.316 e. The summed E-state index contributed by atoms with van der Waals surface area (Å²) in [6, 6.07) is 13.1. The fourth-order valence-corrected chi connectivity index (χ4v) is 3.22.